The Labute approximate surface area is 221 Å². The number of nitrogens with one attached hydrogen (secondary N) is 1. The van der Waals surface area contributed by atoms with E-state index in [4.69, 9.17) is 35.4 Å². The Morgan fingerprint density at radius 2 is 1.72 bits per heavy atom. The predicted octanol–water partition coefficient (Wildman–Crippen LogP) is 6.28. The van der Waals surface area contributed by atoms with Crippen LogP contribution in [0.4, 0.5) is 10.1 Å². The third-order valence-electron chi connectivity index (χ3n) is 6.13. The van der Waals surface area contributed by atoms with Crippen molar-refractivity contribution in [2.45, 2.75) is 13.5 Å². The van der Waals surface area contributed by atoms with E-state index in [9.17, 15) is 14.0 Å². The Balaban J connectivity index is 1.64. The zero-order valence-electron chi connectivity index (χ0n) is 18.9. The van der Waals surface area contributed by atoms with Gasteiger partial charge < -0.3 is 4.57 Å². The van der Waals surface area contributed by atoms with Gasteiger partial charge in [-0.05, 0) is 49.5 Å². The Morgan fingerprint density at radius 3 is 2.50 bits per heavy atom. The van der Waals surface area contributed by atoms with Crippen LogP contribution in [-0.4, -0.2) is 21.5 Å². The molecule has 0 unspecified atom stereocenters. The maximum absolute atomic E-state index is 14.4. The highest BCUT2D eigenvalue weighted by Crippen LogP contribution is 2.35. The van der Waals surface area contributed by atoms with Crippen molar-refractivity contribution in [2.24, 2.45) is 0 Å². The topological polar surface area (TPSA) is 54.3 Å². The average Bonchev–Trinajstić information content (AvgIpc) is 3.11. The minimum atomic E-state index is -0.627. The van der Waals surface area contributed by atoms with Crippen LogP contribution in [0.1, 0.15) is 16.8 Å². The largest absolute Gasteiger partial charge is 0.340 e. The van der Waals surface area contributed by atoms with E-state index in [-0.39, 0.29) is 38.8 Å². The summed E-state index contributed by atoms with van der Waals surface area (Å²) in [5.41, 5.74) is 2.97. The highest BCUT2D eigenvalue weighted by atomic mass is 35.5. The zero-order valence-corrected chi connectivity index (χ0v) is 21.2. The molecule has 5 nitrogen and oxygen atoms in total. The van der Waals surface area contributed by atoms with Crippen LogP contribution in [0.3, 0.4) is 0 Å². The minimum absolute atomic E-state index is 0.0926. The number of benzene rings is 3. The standard InChI is InChI=1S/C27H18Cl2FN3O2S/c1-15-18(17-8-3-5-11-22(17)32(15)14-16-7-2-4-10-21(16)30)13-19-25(34)31-27(36)33(26(19)35)23-12-6-9-20(28)24(23)29/h2-13H,14H2,1H3,(H,31,34,36)/b19-13+. The van der Waals surface area contributed by atoms with Crippen LogP contribution in [0.25, 0.3) is 17.0 Å². The highest BCUT2D eigenvalue weighted by Gasteiger charge is 2.36. The molecule has 0 atom stereocenters. The summed E-state index contributed by atoms with van der Waals surface area (Å²) in [7, 11) is 0. The first-order valence-corrected chi connectivity index (χ1v) is 12.1. The smallest absolute Gasteiger partial charge is 0.270 e. The van der Waals surface area contributed by atoms with Gasteiger partial charge in [-0.15, -0.1) is 0 Å². The summed E-state index contributed by atoms with van der Waals surface area (Å²) < 4.78 is 16.4. The van der Waals surface area contributed by atoms with Crippen LogP contribution in [-0.2, 0) is 16.1 Å². The molecule has 3 aromatic carbocycles. The van der Waals surface area contributed by atoms with Crippen molar-refractivity contribution in [1.82, 2.24) is 9.88 Å². The number of nitrogens with zero attached hydrogens (tertiary/aromatic N) is 2. The van der Waals surface area contributed by atoms with Gasteiger partial charge in [0.1, 0.15) is 11.4 Å². The minimum Gasteiger partial charge on any atom is -0.340 e. The SMILES string of the molecule is Cc1c(/C=C2\C(=O)NC(=S)N(c3cccc(Cl)c3Cl)C2=O)c2ccccc2n1Cc1ccccc1F. The van der Waals surface area contributed by atoms with Crippen LogP contribution in [0, 0.1) is 12.7 Å². The summed E-state index contributed by atoms with van der Waals surface area (Å²) in [5, 5.41) is 3.69. The lowest BCUT2D eigenvalue weighted by Gasteiger charge is -2.29. The number of hydrogen-bond donors (Lipinski definition) is 1. The lowest BCUT2D eigenvalue weighted by Crippen LogP contribution is -2.54. The van der Waals surface area contributed by atoms with Gasteiger partial charge in [-0.3, -0.25) is 19.8 Å². The average molecular weight is 538 g/mol. The van der Waals surface area contributed by atoms with E-state index in [0.29, 0.717) is 11.1 Å². The number of rotatable bonds is 4. The van der Waals surface area contributed by atoms with Crippen molar-refractivity contribution in [3.63, 3.8) is 0 Å². The molecule has 2 amide bonds. The number of aromatic nitrogens is 1. The number of anilines is 1. The Morgan fingerprint density at radius 1 is 1.00 bits per heavy atom. The number of fused-ring (bicyclic) bond motifs is 1. The molecule has 0 radical (unpaired) electrons. The molecular formula is C27H18Cl2FN3O2S. The Bertz CT molecular complexity index is 1610. The van der Waals surface area contributed by atoms with E-state index in [2.05, 4.69) is 5.32 Å². The Hall–Kier alpha value is -3.52. The predicted molar refractivity (Wildman–Crippen MR) is 145 cm³/mol. The second kappa shape index (κ2) is 9.50. The van der Waals surface area contributed by atoms with E-state index in [1.807, 2.05) is 35.8 Å². The van der Waals surface area contributed by atoms with Crippen LogP contribution in [0.2, 0.25) is 10.0 Å². The summed E-state index contributed by atoms with van der Waals surface area (Å²) >= 11 is 17.8. The molecule has 1 aliphatic rings. The molecule has 1 N–H and O–H groups in total. The van der Waals surface area contributed by atoms with Gasteiger partial charge in [-0.1, -0.05) is 65.7 Å². The number of hydrogen-bond acceptors (Lipinski definition) is 3. The van der Waals surface area contributed by atoms with Crippen LogP contribution < -0.4 is 10.2 Å². The van der Waals surface area contributed by atoms with Crippen LogP contribution in [0.15, 0.2) is 72.3 Å². The molecule has 0 saturated carbocycles. The van der Waals surface area contributed by atoms with Crippen molar-refractivity contribution < 1.29 is 14.0 Å². The van der Waals surface area contributed by atoms with E-state index in [1.165, 1.54) is 6.07 Å². The van der Waals surface area contributed by atoms with Gasteiger partial charge in [0.05, 0.1) is 22.3 Å². The first kappa shape index (κ1) is 24.2. The molecule has 0 aliphatic carbocycles. The fourth-order valence-electron chi connectivity index (χ4n) is 4.33. The lowest BCUT2D eigenvalue weighted by molar-refractivity contribution is -0.122. The third kappa shape index (κ3) is 4.09. The Kier molecular flexibility index (Phi) is 6.38. The number of amides is 2. The summed E-state index contributed by atoms with van der Waals surface area (Å²) in [4.78, 5) is 27.6. The molecule has 1 aromatic heterocycles. The molecule has 5 rings (SSSR count). The summed E-state index contributed by atoms with van der Waals surface area (Å²) in [5.74, 6) is -1.55. The molecule has 1 fully saturated rings. The lowest BCUT2D eigenvalue weighted by atomic mass is 10.0. The molecule has 2 heterocycles. The van der Waals surface area contributed by atoms with Gasteiger partial charge in [0, 0.05) is 27.7 Å². The normalized spacial score (nSPS) is 15.2. The van der Waals surface area contributed by atoms with Crippen molar-refractivity contribution >= 4 is 75.0 Å². The number of halogens is 3. The fraction of sp³-hybridized carbons (Fsp3) is 0.0741. The second-order valence-corrected chi connectivity index (χ2v) is 9.40. The summed E-state index contributed by atoms with van der Waals surface area (Å²) in [6.07, 6.45) is 1.54. The van der Waals surface area contributed by atoms with E-state index in [0.717, 1.165) is 21.5 Å². The van der Waals surface area contributed by atoms with Gasteiger partial charge in [-0.25, -0.2) is 4.39 Å². The van der Waals surface area contributed by atoms with Crippen LogP contribution >= 0.6 is 35.4 Å². The monoisotopic (exact) mass is 537 g/mol. The van der Waals surface area contributed by atoms with Gasteiger partial charge in [0.15, 0.2) is 5.11 Å². The van der Waals surface area contributed by atoms with E-state index >= 15 is 0 Å². The molecule has 0 bridgehead atoms. The molecule has 180 valence electrons. The highest BCUT2D eigenvalue weighted by molar-refractivity contribution is 7.80. The fourth-order valence-corrected chi connectivity index (χ4v) is 4.98. The number of carbonyl (C=O) groups excluding carboxylic acids is 2. The van der Waals surface area contributed by atoms with Gasteiger partial charge in [-0.2, -0.15) is 0 Å². The van der Waals surface area contributed by atoms with Gasteiger partial charge in [0.25, 0.3) is 11.8 Å². The summed E-state index contributed by atoms with van der Waals surface area (Å²) in [6, 6.07) is 19.0. The van der Waals surface area contributed by atoms with Gasteiger partial charge in [0.2, 0.25) is 0 Å². The molecule has 9 heteroatoms. The van der Waals surface area contributed by atoms with Gasteiger partial charge >= 0.3 is 0 Å². The molecular weight excluding hydrogens is 520 g/mol. The zero-order chi connectivity index (χ0) is 25.6. The maximum Gasteiger partial charge on any atom is 0.270 e. The van der Waals surface area contributed by atoms with E-state index < -0.39 is 11.8 Å². The maximum atomic E-state index is 14.4. The molecule has 36 heavy (non-hydrogen) atoms. The number of carbonyl (C=O) groups is 2. The first-order chi connectivity index (χ1) is 17.3. The number of thiocarbonyl (C=S) groups is 1. The van der Waals surface area contributed by atoms with Crippen LogP contribution in [0.5, 0.6) is 0 Å². The number of para-hydroxylation sites is 1. The summed E-state index contributed by atoms with van der Waals surface area (Å²) in [6.45, 7) is 2.16. The third-order valence-corrected chi connectivity index (χ3v) is 7.22. The van der Waals surface area contributed by atoms with Crippen molar-refractivity contribution in [3.8, 4) is 0 Å². The molecule has 0 spiro atoms. The van der Waals surface area contributed by atoms with Crippen molar-refractivity contribution in [3.05, 3.63) is 105 Å². The van der Waals surface area contributed by atoms with Crippen molar-refractivity contribution in [2.75, 3.05) is 4.90 Å². The molecule has 1 aliphatic heterocycles. The molecule has 4 aromatic rings. The second-order valence-electron chi connectivity index (χ2n) is 8.22. The quantitative estimate of drug-likeness (QED) is 0.189. The van der Waals surface area contributed by atoms with Crippen molar-refractivity contribution in [1.29, 1.82) is 0 Å². The first-order valence-electron chi connectivity index (χ1n) is 10.9. The van der Waals surface area contributed by atoms with E-state index in [1.54, 1.807) is 42.5 Å². The molecule has 1 saturated heterocycles.